The van der Waals surface area contributed by atoms with Crippen LogP contribution in [-0.4, -0.2) is 23.0 Å². The monoisotopic (exact) mass is 281 g/mol. The largest absolute Gasteiger partial charge is 0.480 e. The molecule has 0 aliphatic carbocycles. The van der Waals surface area contributed by atoms with Gasteiger partial charge in [-0.3, -0.25) is 4.79 Å². The summed E-state index contributed by atoms with van der Waals surface area (Å²) < 4.78 is 0. The summed E-state index contributed by atoms with van der Waals surface area (Å²) in [5.41, 5.74) is 1.10. The van der Waals surface area contributed by atoms with Crippen molar-refractivity contribution in [1.82, 2.24) is 5.32 Å². The molecule has 1 rings (SSSR count). The van der Waals surface area contributed by atoms with E-state index < -0.39 is 12.0 Å². The van der Waals surface area contributed by atoms with Crippen molar-refractivity contribution in [3.8, 4) is 0 Å². The number of carboxylic acids is 1. The third-order valence-electron chi connectivity index (χ3n) is 3.06. The van der Waals surface area contributed by atoms with Gasteiger partial charge in [-0.2, -0.15) is 0 Å². The van der Waals surface area contributed by atoms with E-state index in [1.54, 1.807) is 17.4 Å². The molecule has 0 aliphatic rings. The van der Waals surface area contributed by atoms with Crippen molar-refractivity contribution in [1.29, 1.82) is 0 Å². The predicted octanol–water partition coefficient (Wildman–Crippen LogP) is 2.69. The molecule has 0 fully saturated rings. The molecule has 0 saturated heterocycles. The van der Waals surface area contributed by atoms with Gasteiger partial charge in [0.1, 0.15) is 6.04 Å². The van der Waals surface area contributed by atoms with E-state index in [1.807, 2.05) is 32.2 Å². The number of thiophene rings is 1. The van der Waals surface area contributed by atoms with Gasteiger partial charge in [-0.1, -0.05) is 20.3 Å². The fourth-order valence-electron chi connectivity index (χ4n) is 1.59. The van der Waals surface area contributed by atoms with Gasteiger partial charge in [0.05, 0.1) is 0 Å². The van der Waals surface area contributed by atoms with E-state index >= 15 is 0 Å². The van der Waals surface area contributed by atoms with Gasteiger partial charge in [0.2, 0.25) is 5.91 Å². The lowest BCUT2D eigenvalue weighted by atomic mass is 9.99. The second kappa shape index (κ2) is 7.09. The SMILES string of the molecule is CCC(C)[C@H](NC(=O)C=Cc1sccc1C)C(=O)O. The van der Waals surface area contributed by atoms with E-state index in [4.69, 9.17) is 5.11 Å². The van der Waals surface area contributed by atoms with Crippen LogP contribution in [0.2, 0.25) is 0 Å². The van der Waals surface area contributed by atoms with Crippen LogP contribution < -0.4 is 5.32 Å². The second-order valence-electron chi connectivity index (χ2n) is 4.51. The van der Waals surface area contributed by atoms with Crippen LogP contribution in [0.3, 0.4) is 0 Å². The van der Waals surface area contributed by atoms with E-state index in [9.17, 15) is 9.59 Å². The molecule has 2 atom stereocenters. The molecule has 0 radical (unpaired) electrons. The first-order valence-electron chi connectivity index (χ1n) is 6.21. The average molecular weight is 281 g/mol. The smallest absolute Gasteiger partial charge is 0.326 e. The van der Waals surface area contributed by atoms with Crippen molar-refractivity contribution in [2.45, 2.75) is 33.2 Å². The summed E-state index contributed by atoms with van der Waals surface area (Å²) in [7, 11) is 0. The number of nitrogens with one attached hydrogen (secondary N) is 1. The molecule has 5 heteroatoms. The zero-order valence-corrected chi connectivity index (χ0v) is 12.2. The van der Waals surface area contributed by atoms with E-state index in [1.165, 1.54) is 6.08 Å². The van der Waals surface area contributed by atoms with Gasteiger partial charge < -0.3 is 10.4 Å². The molecular weight excluding hydrogens is 262 g/mol. The molecule has 4 nitrogen and oxygen atoms in total. The van der Waals surface area contributed by atoms with Crippen LogP contribution in [0.25, 0.3) is 6.08 Å². The Morgan fingerprint density at radius 3 is 2.68 bits per heavy atom. The van der Waals surface area contributed by atoms with Gasteiger partial charge in [-0.15, -0.1) is 11.3 Å². The summed E-state index contributed by atoms with van der Waals surface area (Å²) in [6.45, 7) is 5.68. The van der Waals surface area contributed by atoms with E-state index in [0.29, 0.717) is 6.42 Å². The summed E-state index contributed by atoms with van der Waals surface area (Å²) in [6.07, 6.45) is 3.80. The topological polar surface area (TPSA) is 66.4 Å². The molecule has 104 valence electrons. The fraction of sp³-hybridized carbons (Fsp3) is 0.429. The van der Waals surface area contributed by atoms with Gasteiger partial charge >= 0.3 is 5.97 Å². The lowest BCUT2D eigenvalue weighted by Gasteiger charge is -2.19. The van der Waals surface area contributed by atoms with E-state index in [-0.39, 0.29) is 11.8 Å². The molecule has 0 aromatic carbocycles. The van der Waals surface area contributed by atoms with Crippen LogP contribution in [0.15, 0.2) is 17.5 Å². The summed E-state index contributed by atoms with van der Waals surface area (Å²) in [5, 5.41) is 13.6. The Labute approximate surface area is 117 Å². The Bertz CT molecular complexity index is 479. The quantitative estimate of drug-likeness (QED) is 0.788. The number of aryl methyl sites for hydroxylation is 1. The average Bonchev–Trinajstić information content (AvgIpc) is 2.77. The highest BCUT2D eigenvalue weighted by atomic mass is 32.1. The third kappa shape index (κ3) is 4.52. The molecule has 1 unspecified atom stereocenters. The molecule has 0 aliphatic heterocycles. The van der Waals surface area contributed by atoms with Crippen LogP contribution >= 0.6 is 11.3 Å². The van der Waals surface area contributed by atoms with Gasteiger partial charge in [0.25, 0.3) is 0 Å². The standard InChI is InChI=1S/C14H19NO3S/c1-4-9(2)13(14(17)18)15-12(16)6-5-11-10(3)7-8-19-11/h5-9,13H,4H2,1-3H3,(H,15,16)(H,17,18)/t9?,13-/m0/s1. The molecule has 19 heavy (non-hydrogen) atoms. The lowest BCUT2D eigenvalue weighted by molar-refractivity contribution is -0.142. The first kappa shape index (κ1) is 15.4. The van der Waals surface area contributed by atoms with Gasteiger partial charge in [0.15, 0.2) is 0 Å². The fourth-order valence-corrected chi connectivity index (χ4v) is 2.41. The summed E-state index contributed by atoms with van der Waals surface area (Å²) in [4.78, 5) is 23.8. The number of rotatable bonds is 6. The molecule has 0 saturated carbocycles. The van der Waals surface area contributed by atoms with E-state index in [0.717, 1.165) is 10.4 Å². The van der Waals surface area contributed by atoms with Crippen LogP contribution in [-0.2, 0) is 9.59 Å². The Hall–Kier alpha value is -1.62. The Balaban J connectivity index is 2.66. The van der Waals surface area contributed by atoms with Crippen molar-refractivity contribution in [2.24, 2.45) is 5.92 Å². The lowest BCUT2D eigenvalue weighted by Crippen LogP contribution is -2.44. The minimum Gasteiger partial charge on any atom is -0.480 e. The molecule has 0 spiro atoms. The van der Waals surface area contributed by atoms with Crippen LogP contribution in [0.1, 0.15) is 30.7 Å². The summed E-state index contributed by atoms with van der Waals surface area (Å²) in [6, 6.07) is 1.13. The summed E-state index contributed by atoms with van der Waals surface area (Å²) in [5.74, 6) is -1.47. The van der Waals surface area contributed by atoms with Crippen molar-refractivity contribution in [3.63, 3.8) is 0 Å². The Kier molecular flexibility index (Phi) is 5.76. The Morgan fingerprint density at radius 1 is 1.53 bits per heavy atom. The second-order valence-corrected chi connectivity index (χ2v) is 5.46. The minimum atomic E-state index is -0.997. The molecule has 1 heterocycles. The van der Waals surface area contributed by atoms with E-state index in [2.05, 4.69) is 5.32 Å². The number of carbonyl (C=O) groups is 2. The predicted molar refractivity (Wildman–Crippen MR) is 77.1 cm³/mol. The first-order chi connectivity index (χ1) is 8.95. The van der Waals surface area contributed by atoms with Crippen molar-refractivity contribution in [2.75, 3.05) is 0 Å². The van der Waals surface area contributed by atoms with Crippen LogP contribution in [0.4, 0.5) is 0 Å². The number of carbonyl (C=O) groups excluding carboxylic acids is 1. The number of aliphatic carboxylic acids is 1. The molecule has 1 amide bonds. The van der Waals surface area contributed by atoms with Gasteiger partial charge in [0, 0.05) is 11.0 Å². The number of carboxylic acid groups (broad SMARTS) is 1. The maximum Gasteiger partial charge on any atom is 0.326 e. The zero-order chi connectivity index (χ0) is 14.4. The van der Waals surface area contributed by atoms with Gasteiger partial charge in [-0.05, 0) is 35.9 Å². The summed E-state index contributed by atoms with van der Waals surface area (Å²) >= 11 is 1.54. The first-order valence-corrected chi connectivity index (χ1v) is 7.09. The maximum absolute atomic E-state index is 11.7. The van der Waals surface area contributed by atoms with Crippen LogP contribution in [0, 0.1) is 12.8 Å². The molecular formula is C14H19NO3S. The van der Waals surface area contributed by atoms with Gasteiger partial charge in [-0.25, -0.2) is 4.79 Å². The highest BCUT2D eigenvalue weighted by Crippen LogP contribution is 2.17. The van der Waals surface area contributed by atoms with Crippen molar-refractivity contribution >= 4 is 29.3 Å². The molecule has 1 aromatic rings. The molecule has 1 aromatic heterocycles. The number of hydrogen-bond donors (Lipinski definition) is 2. The van der Waals surface area contributed by atoms with Crippen molar-refractivity contribution in [3.05, 3.63) is 28.0 Å². The van der Waals surface area contributed by atoms with Crippen LogP contribution in [0.5, 0.6) is 0 Å². The highest BCUT2D eigenvalue weighted by Gasteiger charge is 2.24. The normalized spacial score (nSPS) is 14.3. The maximum atomic E-state index is 11.7. The molecule has 0 bridgehead atoms. The molecule has 2 N–H and O–H groups in total. The van der Waals surface area contributed by atoms with Crippen molar-refractivity contribution < 1.29 is 14.7 Å². The Morgan fingerprint density at radius 2 is 2.21 bits per heavy atom. The third-order valence-corrected chi connectivity index (χ3v) is 4.05. The number of hydrogen-bond acceptors (Lipinski definition) is 3. The zero-order valence-electron chi connectivity index (χ0n) is 11.3. The number of amides is 1. The highest BCUT2D eigenvalue weighted by molar-refractivity contribution is 7.11. The minimum absolute atomic E-state index is 0.0988.